The predicted molar refractivity (Wildman–Crippen MR) is 82.5 cm³/mol. The van der Waals surface area contributed by atoms with Crippen molar-refractivity contribution < 1.29 is 23.5 Å². The number of furan rings is 2. The minimum Gasteiger partial charge on any atom is -0.479 e. The number of rotatable bonds is 6. The second-order valence-electron chi connectivity index (χ2n) is 5.26. The predicted octanol–water partition coefficient (Wildman–Crippen LogP) is 1.28. The van der Waals surface area contributed by atoms with Gasteiger partial charge in [-0.2, -0.15) is 0 Å². The van der Waals surface area contributed by atoms with Crippen LogP contribution in [0.25, 0.3) is 0 Å². The molecule has 0 aromatic carbocycles. The van der Waals surface area contributed by atoms with Gasteiger partial charge in [-0.25, -0.2) is 0 Å². The van der Waals surface area contributed by atoms with E-state index >= 15 is 0 Å². The number of ether oxygens (including phenoxy) is 1. The van der Waals surface area contributed by atoms with Crippen molar-refractivity contribution in [3.63, 3.8) is 0 Å². The molecule has 8 nitrogen and oxygen atoms in total. The fourth-order valence-electron chi connectivity index (χ4n) is 2.42. The monoisotopic (exact) mass is 331 g/mol. The number of aryl methyl sites for hydroxylation is 1. The summed E-state index contributed by atoms with van der Waals surface area (Å²) in [6.45, 7) is -0.114. The third-order valence-electron chi connectivity index (χ3n) is 3.67. The molecule has 0 aliphatic rings. The lowest BCUT2D eigenvalue weighted by atomic mass is 9.93. The molecule has 2 N–H and O–H groups in total. The van der Waals surface area contributed by atoms with Gasteiger partial charge >= 0.3 is 0 Å². The fraction of sp³-hybridized carbons (Fsp3) is 0.250. The SMILES string of the molecule is COc1nn(C)cc1C(=O)NC[C@@](O)(c1ccoc1)c1ccco1. The quantitative estimate of drug-likeness (QED) is 0.705. The van der Waals surface area contributed by atoms with E-state index in [0.717, 1.165) is 0 Å². The number of hydrogen-bond acceptors (Lipinski definition) is 6. The van der Waals surface area contributed by atoms with Crippen LogP contribution < -0.4 is 10.1 Å². The van der Waals surface area contributed by atoms with Gasteiger partial charge in [0, 0.05) is 18.8 Å². The molecule has 3 aromatic heterocycles. The third kappa shape index (κ3) is 2.79. The van der Waals surface area contributed by atoms with Crippen molar-refractivity contribution >= 4 is 5.91 Å². The maximum absolute atomic E-state index is 12.4. The maximum Gasteiger partial charge on any atom is 0.258 e. The van der Waals surface area contributed by atoms with Crippen molar-refractivity contribution in [1.29, 1.82) is 0 Å². The van der Waals surface area contributed by atoms with Gasteiger partial charge in [0.25, 0.3) is 5.91 Å². The first kappa shape index (κ1) is 15.9. The van der Waals surface area contributed by atoms with Crippen LogP contribution in [-0.4, -0.2) is 34.4 Å². The molecule has 1 atom stereocenters. The standard InChI is InChI=1S/C16H17N3O5/c1-19-8-12(15(18-19)22-2)14(20)17-10-16(21,11-5-7-23-9-11)13-4-3-6-24-13/h3-9,21H,10H2,1-2H3,(H,17,20)/t16-/m1/s1. The average Bonchev–Trinajstić information content (AvgIpc) is 3.32. The number of nitrogens with zero attached hydrogens (tertiary/aromatic N) is 2. The first-order valence-corrected chi connectivity index (χ1v) is 7.19. The third-order valence-corrected chi connectivity index (χ3v) is 3.67. The minimum absolute atomic E-state index is 0.114. The highest BCUT2D eigenvalue weighted by atomic mass is 16.5. The minimum atomic E-state index is -1.55. The van der Waals surface area contributed by atoms with Gasteiger partial charge in [0.1, 0.15) is 11.3 Å². The molecule has 126 valence electrons. The largest absolute Gasteiger partial charge is 0.479 e. The van der Waals surface area contributed by atoms with E-state index in [9.17, 15) is 9.90 Å². The highest BCUT2D eigenvalue weighted by Crippen LogP contribution is 2.30. The van der Waals surface area contributed by atoms with Gasteiger partial charge in [-0.1, -0.05) is 0 Å². The zero-order valence-corrected chi connectivity index (χ0v) is 13.2. The Morgan fingerprint density at radius 2 is 2.29 bits per heavy atom. The van der Waals surface area contributed by atoms with E-state index in [4.69, 9.17) is 13.6 Å². The number of carbonyl (C=O) groups is 1. The molecule has 0 aliphatic carbocycles. The Hall–Kier alpha value is -3.00. The van der Waals surface area contributed by atoms with E-state index in [1.54, 1.807) is 25.2 Å². The molecular formula is C16H17N3O5. The summed E-state index contributed by atoms with van der Waals surface area (Å²) in [5.41, 5.74) is -0.813. The van der Waals surface area contributed by atoms with Gasteiger partial charge in [-0.3, -0.25) is 9.48 Å². The number of aliphatic hydroxyl groups is 1. The van der Waals surface area contributed by atoms with Crippen LogP contribution in [0.4, 0.5) is 0 Å². The van der Waals surface area contributed by atoms with E-state index in [-0.39, 0.29) is 18.0 Å². The summed E-state index contributed by atoms with van der Waals surface area (Å²) in [5, 5.41) is 17.8. The first-order chi connectivity index (χ1) is 11.5. The van der Waals surface area contributed by atoms with Crippen LogP contribution in [0.1, 0.15) is 21.7 Å². The summed E-state index contributed by atoms with van der Waals surface area (Å²) in [6.07, 6.45) is 5.83. The van der Waals surface area contributed by atoms with Crippen LogP contribution in [0.15, 0.2) is 52.0 Å². The normalized spacial score (nSPS) is 13.5. The topological polar surface area (TPSA) is 103 Å². The van der Waals surface area contributed by atoms with Crippen LogP contribution >= 0.6 is 0 Å². The number of hydrogen-bond donors (Lipinski definition) is 2. The molecule has 0 spiro atoms. The molecule has 8 heteroatoms. The van der Waals surface area contributed by atoms with Gasteiger partial charge in [-0.05, 0) is 18.2 Å². The molecule has 24 heavy (non-hydrogen) atoms. The number of aromatic nitrogens is 2. The summed E-state index contributed by atoms with van der Waals surface area (Å²) in [6, 6.07) is 4.90. The Morgan fingerprint density at radius 3 is 2.92 bits per heavy atom. The number of nitrogens with one attached hydrogen (secondary N) is 1. The van der Waals surface area contributed by atoms with Crippen LogP contribution in [0.2, 0.25) is 0 Å². The molecule has 0 radical (unpaired) electrons. The van der Waals surface area contributed by atoms with Gasteiger partial charge in [0.15, 0.2) is 5.60 Å². The van der Waals surface area contributed by atoms with E-state index in [0.29, 0.717) is 11.3 Å². The highest BCUT2D eigenvalue weighted by molar-refractivity contribution is 5.96. The first-order valence-electron chi connectivity index (χ1n) is 7.19. The molecular weight excluding hydrogens is 314 g/mol. The number of amides is 1. The lowest BCUT2D eigenvalue weighted by Crippen LogP contribution is -2.41. The Kier molecular flexibility index (Phi) is 4.13. The van der Waals surface area contributed by atoms with E-state index in [1.165, 1.54) is 36.8 Å². The Balaban J connectivity index is 1.83. The number of methoxy groups -OCH3 is 1. The molecule has 3 aromatic rings. The van der Waals surface area contributed by atoms with Gasteiger partial charge in [0.2, 0.25) is 5.88 Å². The van der Waals surface area contributed by atoms with Crippen molar-refractivity contribution in [2.45, 2.75) is 5.60 Å². The van der Waals surface area contributed by atoms with Crippen LogP contribution in [0.3, 0.4) is 0 Å². The van der Waals surface area contributed by atoms with Crippen LogP contribution in [0.5, 0.6) is 5.88 Å². The lowest BCUT2D eigenvalue weighted by Gasteiger charge is -2.25. The van der Waals surface area contributed by atoms with Crippen LogP contribution in [0, 0.1) is 0 Å². The summed E-state index contributed by atoms with van der Waals surface area (Å²) < 4.78 is 16.9. The van der Waals surface area contributed by atoms with Crippen molar-refractivity contribution in [2.24, 2.45) is 7.05 Å². The fourth-order valence-corrected chi connectivity index (χ4v) is 2.42. The van der Waals surface area contributed by atoms with Crippen LogP contribution in [-0.2, 0) is 12.6 Å². The van der Waals surface area contributed by atoms with Crippen molar-refractivity contribution in [3.8, 4) is 5.88 Å². The van der Waals surface area contributed by atoms with Gasteiger partial charge in [0.05, 0.1) is 32.4 Å². The zero-order valence-electron chi connectivity index (χ0n) is 13.2. The summed E-state index contributed by atoms with van der Waals surface area (Å²) in [5.74, 6) is 0.0793. The molecule has 0 aliphatic heterocycles. The second-order valence-corrected chi connectivity index (χ2v) is 5.26. The molecule has 0 fully saturated rings. The maximum atomic E-state index is 12.4. The lowest BCUT2D eigenvalue weighted by molar-refractivity contribution is 0.0519. The Morgan fingerprint density at radius 1 is 1.46 bits per heavy atom. The summed E-state index contributed by atoms with van der Waals surface area (Å²) >= 11 is 0. The Labute approximate surface area is 137 Å². The zero-order chi connectivity index (χ0) is 17.2. The molecule has 0 saturated carbocycles. The molecule has 0 bridgehead atoms. The van der Waals surface area contributed by atoms with Gasteiger partial charge < -0.3 is 24.0 Å². The van der Waals surface area contributed by atoms with Crippen molar-refractivity contribution in [2.75, 3.05) is 13.7 Å². The molecule has 3 rings (SSSR count). The van der Waals surface area contributed by atoms with Crippen molar-refractivity contribution in [1.82, 2.24) is 15.1 Å². The Bertz CT molecular complexity index is 771. The second kappa shape index (κ2) is 6.25. The molecule has 1 amide bonds. The van der Waals surface area contributed by atoms with E-state index in [1.807, 2.05) is 0 Å². The van der Waals surface area contributed by atoms with Crippen molar-refractivity contribution in [3.05, 3.63) is 60.1 Å². The van der Waals surface area contributed by atoms with E-state index in [2.05, 4.69) is 10.4 Å². The highest BCUT2D eigenvalue weighted by Gasteiger charge is 2.36. The molecule has 0 saturated heterocycles. The average molecular weight is 331 g/mol. The molecule has 0 unspecified atom stereocenters. The molecule has 3 heterocycles. The van der Waals surface area contributed by atoms with Gasteiger partial charge in [-0.15, -0.1) is 5.10 Å². The summed E-state index contributed by atoms with van der Waals surface area (Å²) in [7, 11) is 3.12. The van der Waals surface area contributed by atoms with E-state index < -0.39 is 11.5 Å². The summed E-state index contributed by atoms with van der Waals surface area (Å²) in [4.78, 5) is 12.4. The number of carbonyl (C=O) groups excluding carboxylic acids is 1. The smallest absolute Gasteiger partial charge is 0.258 e.